The van der Waals surface area contributed by atoms with Gasteiger partial charge in [-0.3, -0.25) is 4.79 Å². The molecule has 0 saturated carbocycles. The number of rotatable bonds is 10. The molecule has 148 valence electrons. The third-order valence-corrected chi connectivity index (χ3v) is 4.21. The fourth-order valence-electron chi connectivity index (χ4n) is 2.60. The van der Waals surface area contributed by atoms with Gasteiger partial charge in [0.15, 0.2) is 11.5 Å². The molecule has 0 aromatic heterocycles. The molecule has 0 bridgehead atoms. The Hall–Kier alpha value is -2.49. The van der Waals surface area contributed by atoms with Crippen molar-refractivity contribution in [3.63, 3.8) is 0 Å². The van der Waals surface area contributed by atoms with Gasteiger partial charge < -0.3 is 15.2 Å². The number of carbonyl (C=O) groups is 1. The van der Waals surface area contributed by atoms with Crippen LogP contribution in [-0.4, -0.2) is 18.1 Å². The molecule has 1 rings (SSSR count). The Morgan fingerprint density at radius 2 is 1.74 bits per heavy atom. The van der Waals surface area contributed by atoms with Crippen molar-refractivity contribution in [2.75, 3.05) is 7.11 Å². The third kappa shape index (κ3) is 9.69. The van der Waals surface area contributed by atoms with Gasteiger partial charge in [-0.25, -0.2) is 0 Å². The van der Waals surface area contributed by atoms with E-state index in [2.05, 4.69) is 38.2 Å². The van der Waals surface area contributed by atoms with Crippen molar-refractivity contribution in [3.8, 4) is 11.5 Å². The lowest BCUT2D eigenvalue weighted by atomic mass is 10.1. The van der Waals surface area contributed by atoms with E-state index >= 15 is 0 Å². The van der Waals surface area contributed by atoms with E-state index in [-0.39, 0.29) is 11.7 Å². The first-order chi connectivity index (χ1) is 12.8. The largest absolute Gasteiger partial charge is 0.504 e. The van der Waals surface area contributed by atoms with Crippen LogP contribution < -0.4 is 10.1 Å². The summed E-state index contributed by atoms with van der Waals surface area (Å²) in [7, 11) is 1.50. The van der Waals surface area contributed by atoms with Crippen LogP contribution >= 0.6 is 0 Å². The van der Waals surface area contributed by atoms with Gasteiger partial charge in [-0.05, 0) is 71.1 Å². The Morgan fingerprint density at radius 3 is 2.41 bits per heavy atom. The highest BCUT2D eigenvalue weighted by Gasteiger charge is 2.04. The van der Waals surface area contributed by atoms with E-state index in [1.807, 2.05) is 6.92 Å². The fraction of sp³-hybridized carbons (Fsp3) is 0.435. The van der Waals surface area contributed by atoms with Gasteiger partial charge in [-0.15, -0.1) is 0 Å². The maximum Gasteiger partial charge on any atom is 0.244 e. The van der Waals surface area contributed by atoms with Gasteiger partial charge in [-0.1, -0.05) is 34.9 Å². The molecule has 0 aliphatic carbocycles. The van der Waals surface area contributed by atoms with Crippen LogP contribution in [0.5, 0.6) is 11.5 Å². The Balaban J connectivity index is 2.41. The molecule has 4 heteroatoms. The number of nitrogens with one attached hydrogen (secondary N) is 1. The highest BCUT2D eigenvalue weighted by molar-refractivity contribution is 5.88. The van der Waals surface area contributed by atoms with Gasteiger partial charge in [0.1, 0.15) is 0 Å². The molecule has 1 aromatic rings. The number of carbonyl (C=O) groups excluding carboxylic acids is 1. The molecule has 0 aliphatic rings. The summed E-state index contributed by atoms with van der Waals surface area (Å²) in [5, 5.41) is 12.5. The first-order valence-electron chi connectivity index (χ1n) is 9.41. The number of benzene rings is 1. The van der Waals surface area contributed by atoms with Crippen molar-refractivity contribution < 1.29 is 14.6 Å². The molecular formula is C23H33NO3. The van der Waals surface area contributed by atoms with Crippen molar-refractivity contribution in [1.82, 2.24) is 5.32 Å². The first-order valence-corrected chi connectivity index (χ1v) is 9.41. The molecule has 0 aliphatic heterocycles. The SMILES string of the molecule is COc1cc(CNC(=O)/C=C(\C)CC/C=C(\C)CCC=C(C)C)ccc1O. The average molecular weight is 372 g/mol. The topological polar surface area (TPSA) is 58.6 Å². The number of hydrogen-bond acceptors (Lipinski definition) is 3. The molecule has 0 atom stereocenters. The van der Waals surface area contributed by atoms with Crippen molar-refractivity contribution in [2.24, 2.45) is 0 Å². The molecule has 4 nitrogen and oxygen atoms in total. The number of phenolic OH excluding ortho intramolecular Hbond substituents is 1. The zero-order valence-electron chi connectivity index (χ0n) is 17.3. The van der Waals surface area contributed by atoms with Crippen LogP contribution in [-0.2, 0) is 11.3 Å². The van der Waals surface area contributed by atoms with Crippen LogP contribution in [0.3, 0.4) is 0 Å². The first kappa shape index (κ1) is 22.6. The second-order valence-electron chi connectivity index (χ2n) is 7.12. The van der Waals surface area contributed by atoms with Gasteiger partial charge in [0.2, 0.25) is 5.91 Å². The average Bonchev–Trinajstić information content (AvgIpc) is 2.60. The minimum absolute atomic E-state index is 0.0903. The minimum atomic E-state index is -0.108. The molecule has 2 N–H and O–H groups in total. The van der Waals surface area contributed by atoms with Crippen LogP contribution in [0.15, 0.2) is 53.1 Å². The van der Waals surface area contributed by atoms with E-state index in [0.29, 0.717) is 12.3 Å². The normalized spacial score (nSPS) is 11.9. The molecular weight excluding hydrogens is 338 g/mol. The Morgan fingerprint density at radius 1 is 1.07 bits per heavy atom. The summed E-state index contributed by atoms with van der Waals surface area (Å²) in [6.45, 7) is 8.78. The van der Waals surface area contributed by atoms with E-state index in [4.69, 9.17) is 4.74 Å². The maximum absolute atomic E-state index is 12.1. The van der Waals surface area contributed by atoms with E-state index in [9.17, 15) is 9.90 Å². The molecule has 1 amide bonds. The van der Waals surface area contributed by atoms with Gasteiger partial charge in [0.25, 0.3) is 0 Å². The van der Waals surface area contributed by atoms with Gasteiger partial charge in [0.05, 0.1) is 7.11 Å². The lowest BCUT2D eigenvalue weighted by Crippen LogP contribution is -2.20. The lowest BCUT2D eigenvalue weighted by Gasteiger charge is -2.07. The van der Waals surface area contributed by atoms with E-state index in [1.54, 1.807) is 24.3 Å². The summed E-state index contributed by atoms with van der Waals surface area (Å²) in [4.78, 5) is 12.1. The molecule has 0 heterocycles. The number of methoxy groups -OCH3 is 1. The number of allylic oxidation sites excluding steroid dienone is 5. The molecule has 0 saturated heterocycles. The van der Waals surface area contributed by atoms with Crippen molar-refractivity contribution in [3.05, 3.63) is 58.7 Å². The number of hydrogen-bond donors (Lipinski definition) is 2. The minimum Gasteiger partial charge on any atom is -0.504 e. The highest BCUT2D eigenvalue weighted by atomic mass is 16.5. The van der Waals surface area contributed by atoms with Crippen LogP contribution in [0.4, 0.5) is 0 Å². The number of aromatic hydroxyl groups is 1. The summed E-state index contributed by atoms with van der Waals surface area (Å²) < 4.78 is 5.07. The van der Waals surface area contributed by atoms with E-state index in [1.165, 1.54) is 18.3 Å². The van der Waals surface area contributed by atoms with Crippen molar-refractivity contribution in [1.29, 1.82) is 0 Å². The van der Waals surface area contributed by atoms with E-state index in [0.717, 1.165) is 36.8 Å². The number of ether oxygens (including phenoxy) is 1. The van der Waals surface area contributed by atoms with Crippen LogP contribution in [0, 0.1) is 0 Å². The van der Waals surface area contributed by atoms with Crippen molar-refractivity contribution in [2.45, 2.75) is 59.9 Å². The molecule has 0 spiro atoms. The zero-order chi connectivity index (χ0) is 20.2. The van der Waals surface area contributed by atoms with Gasteiger partial charge in [0, 0.05) is 12.6 Å². The van der Waals surface area contributed by atoms with Gasteiger partial charge in [-0.2, -0.15) is 0 Å². The second kappa shape index (κ2) is 12.0. The Bertz CT molecular complexity index is 710. The Kier molecular flexibility index (Phi) is 10.0. The highest BCUT2D eigenvalue weighted by Crippen LogP contribution is 2.26. The van der Waals surface area contributed by atoms with Crippen LogP contribution in [0.1, 0.15) is 58.9 Å². The maximum atomic E-state index is 12.1. The predicted octanol–water partition coefficient (Wildman–Crippen LogP) is 5.44. The monoisotopic (exact) mass is 371 g/mol. The predicted molar refractivity (Wildman–Crippen MR) is 112 cm³/mol. The molecule has 0 fully saturated rings. The van der Waals surface area contributed by atoms with Crippen LogP contribution in [0.25, 0.3) is 0 Å². The fourth-order valence-corrected chi connectivity index (χ4v) is 2.60. The number of phenols is 1. The summed E-state index contributed by atoms with van der Waals surface area (Å²) in [6.07, 6.45) is 10.2. The summed E-state index contributed by atoms with van der Waals surface area (Å²) in [5.74, 6) is 0.386. The Labute approximate surface area is 163 Å². The quantitative estimate of drug-likeness (QED) is 0.425. The summed E-state index contributed by atoms with van der Waals surface area (Å²) in [5.41, 5.74) is 4.69. The van der Waals surface area contributed by atoms with Gasteiger partial charge >= 0.3 is 0 Å². The standard InChI is InChI=1S/C23H33NO3/c1-17(2)8-6-9-18(3)10-7-11-19(4)14-23(26)24-16-20-12-13-21(25)22(15-20)27-5/h8,10,12-15,25H,6-7,9,11,16H2,1-5H3,(H,24,26)/b18-10+,19-14+. The smallest absolute Gasteiger partial charge is 0.244 e. The second-order valence-corrected chi connectivity index (χ2v) is 7.12. The van der Waals surface area contributed by atoms with E-state index < -0.39 is 0 Å². The summed E-state index contributed by atoms with van der Waals surface area (Å²) in [6, 6.07) is 5.04. The summed E-state index contributed by atoms with van der Waals surface area (Å²) >= 11 is 0. The van der Waals surface area contributed by atoms with Crippen LogP contribution in [0.2, 0.25) is 0 Å². The zero-order valence-corrected chi connectivity index (χ0v) is 17.3. The van der Waals surface area contributed by atoms with Crippen molar-refractivity contribution >= 4 is 5.91 Å². The molecule has 0 unspecified atom stereocenters. The molecule has 27 heavy (non-hydrogen) atoms. The lowest BCUT2D eigenvalue weighted by molar-refractivity contribution is -0.116. The molecule has 1 aromatic carbocycles. The third-order valence-electron chi connectivity index (χ3n) is 4.21. The molecule has 0 radical (unpaired) electrons. The number of amides is 1.